The molecule has 1 aromatic heterocycles. The van der Waals surface area contributed by atoms with Crippen LogP contribution in [-0.2, 0) is 0 Å². The molecule has 2 rings (SSSR count). The van der Waals surface area contributed by atoms with Crippen LogP contribution in [-0.4, -0.2) is 29.1 Å². The molecule has 0 radical (unpaired) electrons. The van der Waals surface area contributed by atoms with E-state index in [9.17, 15) is 10.1 Å². The summed E-state index contributed by atoms with van der Waals surface area (Å²) in [6.07, 6.45) is 5.67. The van der Waals surface area contributed by atoms with Crippen LogP contribution >= 0.6 is 11.6 Å². The predicted octanol–water partition coefficient (Wildman–Crippen LogP) is 2.55. The molecule has 2 heterocycles. The van der Waals surface area contributed by atoms with E-state index in [0.29, 0.717) is 12.6 Å². The smallest absolute Gasteiger partial charge is 0.289 e. The van der Waals surface area contributed by atoms with E-state index in [1.54, 1.807) is 0 Å². The van der Waals surface area contributed by atoms with Gasteiger partial charge in [-0.2, -0.15) is 0 Å². The van der Waals surface area contributed by atoms with Gasteiger partial charge in [0.2, 0.25) is 5.88 Å². The summed E-state index contributed by atoms with van der Waals surface area (Å²) >= 11 is 5.89. The lowest BCUT2D eigenvalue weighted by Gasteiger charge is -2.23. The predicted molar refractivity (Wildman–Crippen MR) is 71.7 cm³/mol. The number of hydrogen-bond acceptors (Lipinski definition) is 5. The van der Waals surface area contributed by atoms with E-state index in [4.69, 9.17) is 16.3 Å². The summed E-state index contributed by atoms with van der Waals surface area (Å²) in [7, 11) is 0. The third kappa shape index (κ3) is 4.04. The zero-order chi connectivity index (χ0) is 13.7. The Balaban J connectivity index is 1.83. The summed E-state index contributed by atoms with van der Waals surface area (Å²) in [5.74, 6) is 0.253. The summed E-state index contributed by atoms with van der Waals surface area (Å²) in [4.78, 5) is 13.9. The Kier molecular flexibility index (Phi) is 4.93. The average molecular weight is 286 g/mol. The highest BCUT2D eigenvalue weighted by Gasteiger charge is 2.14. The number of nitro groups is 1. The van der Waals surface area contributed by atoms with Crippen LogP contribution in [0.15, 0.2) is 12.3 Å². The van der Waals surface area contributed by atoms with Crippen molar-refractivity contribution in [3.8, 4) is 5.88 Å². The van der Waals surface area contributed by atoms with Crippen LogP contribution in [0.1, 0.15) is 25.7 Å². The average Bonchev–Trinajstić information content (AvgIpc) is 2.41. The Hall–Kier alpha value is -1.40. The molecule has 1 N–H and O–H groups in total. The molecule has 1 fully saturated rings. The molecule has 104 valence electrons. The topological polar surface area (TPSA) is 77.3 Å². The molecule has 0 saturated carbocycles. The minimum absolute atomic E-state index is 0.133. The Morgan fingerprint density at radius 1 is 1.58 bits per heavy atom. The Morgan fingerprint density at radius 2 is 2.42 bits per heavy atom. The third-order valence-corrected chi connectivity index (χ3v) is 3.39. The maximum Gasteiger partial charge on any atom is 0.289 e. The number of hydrogen-bond donors (Lipinski definition) is 1. The van der Waals surface area contributed by atoms with Crippen molar-refractivity contribution < 1.29 is 9.66 Å². The fraction of sp³-hybridized carbons (Fsp3) is 0.583. The van der Waals surface area contributed by atoms with Crippen LogP contribution in [0.3, 0.4) is 0 Å². The Bertz CT molecular complexity index is 450. The van der Waals surface area contributed by atoms with Crippen LogP contribution in [0.5, 0.6) is 5.88 Å². The molecule has 1 atom stereocenters. The van der Waals surface area contributed by atoms with Crippen LogP contribution in [0.4, 0.5) is 5.69 Å². The largest absolute Gasteiger partial charge is 0.477 e. The maximum atomic E-state index is 10.5. The van der Waals surface area contributed by atoms with Gasteiger partial charge in [-0.05, 0) is 25.8 Å². The molecule has 0 bridgehead atoms. The minimum atomic E-state index is -0.533. The minimum Gasteiger partial charge on any atom is -0.477 e. The van der Waals surface area contributed by atoms with Crippen LogP contribution in [0.2, 0.25) is 5.02 Å². The lowest BCUT2D eigenvalue weighted by atomic mass is 10.0. The van der Waals surface area contributed by atoms with Crippen molar-refractivity contribution in [2.24, 2.45) is 0 Å². The SMILES string of the molecule is O=[N+]([O-])c1cnc(OCCC2CCCCN2)c(Cl)c1. The molecular formula is C12H16ClN3O3. The highest BCUT2D eigenvalue weighted by Crippen LogP contribution is 2.25. The molecule has 1 aliphatic rings. The molecule has 1 aliphatic heterocycles. The van der Waals surface area contributed by atoms with Gasteiger partial charge in [0.15, 0.2) is 0 Å². The molecular weight excluding hydrogens is 270 g/mol. The van der Waals surface area contributed by atoms with Gasteiger partial charge in [-0.3, -0.25) is 10.1 Å². The van der Waals surface area contributed by atoms with E-state index in [-0.39, 0.29) is 16.6 Å². The van der Waals surface area contributed by atoms with Gasteiger partial charge in [0.25, 0.3) is 5.69 Å². The van der Waals surface area contributed by atoms with Gasteiger partial charge in [-0.15, -0.1) is 0 Å². The Labute approximate surface area is 116 Å². The molecule has 6 nitrogen and oxygen atoms in total. The first-order valence-corrected chi connectivity index (χ1v) is 6.71. The lowest BCUT2D eigenvalue weighted by Crippen LogP contribution is -2.35. The monoisotopic (exact) mass is 285 g/mol. The summed E-state index contributed by atoms with van der Waals surface area (Å²) in [6.45, 7) is 1.56. The molecule has 0 spiro atoms. The second kappa shape index (κ2) is 6.68. The molecule has 0 aliphatic carbocycles. The molecule has 0 aromatic carbocycles. The Morgan fingerprint density at radius 3 is 3.05 bits per heavy atom. The second-order valence-electron chi connectivity index (χ2n) is 4.52. The summed E-state index contributed by atoms with van der Waals surface area (Å²) in [5.41, 5.74) is -0.133. The third-order valence-electron chi connectivity index (χ3n) is 3.12. The number of ether oxygens (including phenoxy) is 1. The highest BCUT2D eigenvalue weighted by molar-refractivity contribution is 6.32. The zero-order valence-corrected chi connectivity index (χ0v) is 11.2. The first-order chi connectivity index (χ1) is 9.16. The van der Waals surface area contributed by atoms with Gasteiger partial charge in [-0.25, -0.2) is 4.98 Å². The highest BCUT2D eigenvalue weighted by atomic mass is 35.5. The molecule has 7 heteroatoms. The van der Waals surface area contributed by atoms with Crippen molar-refractivity contribution >= 4 is 17.3 Å². The van der Waals surface area contributed by atoms with E-state index in [2.05, 4.69) is 10.3 Å². The summed E-state index contributed by atoms with van der Waals surface area (Å²) in [5, 5.41) is 14.1. The van der Waals surface area contributed by atoms with Gasteiger partial charge in [-0.1, -0.05) is 18.0 Å². The first kappa shape index (κ1) is 14.0. The number of piperidine rings is 1. The van der Waals surface area contributed by atoms with E-state index in [1.165, 1.54) is 18.9 Å². The number of rotatable bonds is 5. The van der Waals surface area contributed by atoms with Gasteiger partial charge in [0.05, 0.1) is 11.5 Å². The molecule has 0 amide bonds. The van der Waals surface area contributed by atoms with E-state index in [0.717, 1.165) is 25.6 Å². The quantitative estimate of drug-likeness (QED) is 0.664. The zero-order valence-electron chi connectivity index (χ0n) is 10.5. The standard InChI is InChI=1S/C12H16ClN3O3/c13-11-7-10(16(17)18)8-15-12(11)19-6-4-9-3-1-2-5-14-9/h7-9,14H,1-6H2. The van der Waals surface area contributed by atoms with Crippen LogP contribution in [0.25, 0.3) is 0 Å². The van der Waals surface area contributed by atoms with Gasteiger partial charge < -0.3 is 10.1 Å². The van der Waals surface area contributed by atoms with Crippen molar-refractivity contribution in [1.29, 1.82) is 0 Å². The number of halogens is 1. The van der Waals surface area contributed by atoms with Crippen molar-refractivity contribution in [2.75, 3.05) is 13.2 Å². The van der Waals surface area contributed by atoms with Crippen molar-refractivity contribution in [3.63, 3.8) is 0 Å². The first-order valence-electron chi connectivity index (χ1n) is 6.33. The molecule has 1 saturated heterocycles. The molecule has 1 aromatic rings. The maximum absolute atomic E-state index is 10.5. The summed E-state index contributed by atoms with van der Waals surface area (Å²) < 4.78 is 5.47. The number of pyridine rings is 1. The van der Waals surface area contributed by atoms with Crippen molar-refractivity contribution in [3.05, 3.63) is 27.4 Å². The van der Waals surface area contributed by atoms with Gasteiger partial charge >= 0.3 is 0 Å². The van der Waals surface area contributed by atoms with Crippen molar-refractivity contribution in [1.82, 2.24) is 10.3 Å². The van der Waals surface area contributed by atoms with E-state index in [1.807, 2.05) is 0 Å². The normalized spacial score (nSPS) is 19.1. The second-order valence-corrected chi connectivity index (χ2v) is 4.93. The van der Waals surface area contributed by atoms with E-state index < -0.39 is 4.92 Å². The molecule has 1 unspecified atom stereocenters. The van der Waals surface area contributed by atoms with Crippen LogP contribution < -0.4 is 10.1 Å². The number of nitrogens with one attached hydrogen (secondary N) is 1. The van der Waals surface area contributed by atoms with Gasteiger partial charge in [0, 0.05) is 12.1 Å². The van der Waals surface area contributed by atoms with Crippen molar-refractivity contribution in [2.45, 2.75) is 31.7 Å². The van der Waals surface area contributed by atoms with Gasteiger partial charge in [0.1, 0.15) is 11.2 Å². The fourth-order valence-corrected chi connectivity index (χ4v) is 2.30. The lowest BCUT2D eigenvalue weighted by molar-refractivity contribution is -0.385. The molecule has 19 heavy (non-hydrogen) atoms. The van der Waals surface area contributed by atoms with Crippen LogP contribution in [0, 0.1) is 10.1 Å². The number of aromatic nitrogens is 1. The fourth-order valence-electron chi connectivity index (χ4n) is 2.09. The number of nitrogens with zero attached hydrogens (tertiary/aromatic N) is 2. The van der Waals surface area contributed by atoms with E-state index >= 15 is 0 Å². The summed E-state index contributed by atoms with van der Waals surface area (Å²) in [6, 6.07) is 1.73.